The van der Waals surface area contributed by atoms with Gasteiger partial charge in [0.25, 0.3) is 0 Å². The Hall–Kier alpha value is -10.3. The molecule has 10 heteroatoms. The molecule has 0 aliphatic rings. The number of benzene rings is 14. The zero-order valence-electron chi connectivity index (χ0n) is 47.9. The van der Waals surface area contributed by atoms with E-state index in [2.05, 4.69) is 262 Å². The van der Waals surface area contributed by atoms with E-state index in [1.54, 1.807) is 18.2 Å². The predicted molar refractivity (Wildman–Crippen MR) is 386 cm³/mol. The molecule has 0 atom stereocenters. The number of hydrogen-bond donors (Lipinski definition) is 2. The van der Waals surface area contributed by atoms with Crippen molar-refractivity contribution in [3.8, 4) is 22.5 Å². The monoisotopic (exact) mass is 1250 g/mol. The molecule has 0 unspecified atom stereocenters. The second-order valence-electron chi connectivity index (χ2n) is 23.0. The summed E-state index contributed by atoms with van der Waals surface area (Å²) in [5.41, 5.74) is 13.7. The largest absolute Gasteiger partial charge is 0.488 e. The van der Waals surface area contributed by atoms with Gasteiger partial charge in [-0.3, -0.25) is 0 Å². The van der Waals surface area contributed by atoms with E-state index in [0.29, 0.717) is 5.46 Å². The number of fused-ring (bicyclic) bond motifs is 22. The van der Waals surface area contributed by atoms with Crippen LogP contribution in [-0.2, 0) is 0 Å². The number of aromatic nitrogens is 2. The number of para-hydroxylation sites is 4. The Kier molecular flexibility index (Phi) is 12.3. The molecule has 424 valence electrons. The average Bonchev–Trinajstić information content (AvgIpc) is 1.63. The smallest absolute Gasteiger partial charge is 0.456 e. The number of thiophene rings is 2. The fraction of sp³-hybridized carbons (Fsp3) is 0. The molecule has 6 heterocycles. The Morgan fingerprint density at radius 2 is 0.756 bits per heavy atom. The Bertz CT molecular complexity index is 6290. The highest BCUT2D eigenvalue weighted by Gasteiger charge is 2.24. The predicted octanol–water partition coefficient (Wildman–Crippen LogP) is 22.2. The van der Waals surface area contributed by atoms with Crippen molar-refractivity contribution in [2.45, 2.75) is 0 Å². The molecule has 20 rings (SSSR count). The summed E-state index contributed by atoms with van der Waals surface area (Å²) in [4.78, 5) is 0. The van der Waals surface area contributed by atoms with Crippen molar-refractivity contribution in [3.05, 3.63) is 284 Å². The second-order valence-corrected chi connectivity index (χ2v) is 25.9. The first-order valence-electron chi connectivity index (χ1n) is 29.9. The van der Waals surface area contributed by atoms with E-state index < -0.39 is 7.12 Å². The minimum absolute atomic E-state index is 0.466. The Labute approximate surface area is 530 Å². The maximum absolute atomic E-state index is 9.29. The molecule has 20 aromatic rings. The van der Waals surface area contributed by atoms with Gasteiger partial charge in [-0.1, -0.05) is 192 Å². The van der Waals surface area contributed by atoms with Crippen LogP contribution in [-0.4, -0.2) is 26.3 Å². The molecule has 0 radical (unpaired) electrons. The first kappa shape index (κ1) is 52.8. The molecule has 14 aromatic carbocycles. The number of furan rings is 2. The van der Waals surface area contributed by atoms with E-state index in [1.807, 2.05) is 46.9 Å². The van der Waals surface area contributed by atoms with Crippen molar-refractivity contribution in [2.75, 3.05) is 0 Å². The summed E-state index contributed by atoms with van der Waals surface area (Å²) in [6.45, 7) is 0. The lowest BCUT2D eigenvalue weighted by molar-refractivity contribution is 0.426. The van der Waals surface area contributed by atoms with Crippen molar-refractivity contribution in [3.63, 3.8) is 0 Å². The molecule has 6 aromatic heterocycles. The summed E-state index contributed by atoms with van der Waals surface area (Å²) in [6.07, 6.45) is 0. The standard InChI is InChI=1S/C40H23NOS.C24H14BrNS.C16H11BO3/c1-2-12-27(13-3-1)41-34-16-8-6-14-28(34)33-23-30(38-29-15-7-9-17-37(29)43-40(38)39(33)41)26-18-19-35-31(21-26)32-20-24-10-4-5-11-25(24)22-36(32)42-35;25-19-14-18-16-10-4-6-12-20(16)26(15-8-2-1-3-9-15)23(18)24-22(19)17-11-5-7-13-21(17)27-24;18-17(19)12-5-6-15-14(9-12)13-7-10-3-1-2-4-11(10)8-16(13)20-15/h1-23H;1-14H;1-9,18-19H. The molecule has 0 fully saturated rings. The van der Waals surface area contributed by atoms with Gasteiger partial charge in [-0.15, -0.1) is 22.7 Å². The van der Waals surface area contributed by atoms with Crippen LogP contribution in [0.5, 0.6) is 0 Å². The molecule has 0 saturated heterocycles. The van der Waals surface area contributed by atoms with Gasteiger partial charge in [0, 0.05) is 89.9 Å². The molecule has 0 amide bonds. The number of halogens is 1. The summed E-state index contributed by atoms with van der Waals surface area (Å²) in [5.74, 6) is 0. The number of rotatable bonds is 4. The van der Waals surface area contributed by atoms with Crippen LogP contribution in [0.2, 0.25) is 0 Å². The van der Waals surface area contributed by atoms with E-state index >= 15 is 0 Å². The molecule has 0 aliphatic carbocycles. The van der Waals surface area contributed by atoms with Crippen molar-refractivity contribution in [2.24, 2.45) is 0 Å². The summed E-state index contributed by atoms with van der Waals surface area (Å²) < 4.78 is 23.5. The van der Waals surface area contributed by atoms with Crippen LogP contribution >= 0.6 is 38.6 Å². The van der Waals surface area contributed by atoms with Crippen LogP contribution in [0.15, 0.2) is 292 Å². The number of hydrogen-bond acceptors (Lipinski definition) is 6. The Morgan fingerprint density at radius 1 is 0.333 bits per heavy atom. The number of nitrogens with zero attached hydrogens (tertiary/aromatic N) is 2. The molecule has 90 heavy (non-hydrogen) atoms. The Morgan fingerprint density at radius 3 is 1.30 bits per heavy atom. The van der Waals surface area contributed by atoms with Crippen LogP contribution in [0.4, 0.5) is 0 Å². The van der Waals surface area contributed by atoms with Gasteiger partial charge in [-0.05, 0) is 141 Å². The van der Waals surface area contributed by atoms with Crippen LogP contribution in [0.25, 0.3) is 172 Å². The normalized spacial score (nSPS) is 11.9. The molecule has 0 saturated carbocycles. The molecule has 6 nitrogen and oxygen atoms in total. The highest BCUT2D eigenvalue weighted by atomic mass is 79.9. The van der Waals surface area contributed by atoms with Gasteiger partial charge in [0.15, 0.2) is 0 Å². The average molecular weight is 1260 g/mol. The van der Waals surface area contributed by atoms with Crippen molar-refractivity contribution >= 4 is 201 Å². The topological polar surface area (TPSA) is 76.6 Å². The molecule has 2 N–H and O–H groups in total. The van der Waals surface area contributed by atoms with Gasteiger partial charge in [0.05, 0.1) is 31.5 Å². The lowest BCUT2D eigenvalue weighted by atomic mass is 9.80. The van der Waals surface area contributed by atoms with Gasteiger partial charge in [0.2, 0.25) is 0 Å². The lowest BCUT2D eigenvalue weighted by Gasteiger charge is -2.11. The molecule has 0 spiro atoms. The van der Waals surface area contributed by atoms with Gasteiger partial charge in [-0.2, -0.15) is 0 Å². The highest BCUT2D eigenvalue weighted by Crippen LogP contribution is 2.50. The van der Waals surface area contributed by atoms with Crippen LogP contribution in [0.3, 0.4) is 0 Å². The molecular weight excluding hydrogens is 1210 g/mol. The lowest BCUT2D eigenvalue weighted by Crippen LogP contribution is -2.29. The summed E-state index contributed by atoms with van der Waals surface area (Å²) >= 11 is 7.64. The van der Waals surface area contributed by atoms with E-state index in [0.717, 1.165) is 54.6 Å². The van der Waals surface area contributed by atoms with Gasteiger partial charge >= 0.3 is 7.12 Å². The van der Waals surface area contributed by atoms with Crippen molar-refractivity contribution in [1.29, 1.82) is 0 Å². The van der Waals surface area contributed by atoms with Gasteiger partial charge < -0.3 is 28.0 Å². The second kappa shape index (κ2) is 20.9. The van der Waals surface area contributed by atoms with Crippen molar-refractivity contribution < 1.29 is 18.9 Å². The SMILES string of the molecule is Brc1cc2c3ccccc3n(-c3ccccc3)c2c2sc3ccccc3c12.OB(O)c1ccc2oc3cc4ccccc4cc3c2c1.c1ccc(-n2c3ccccc3c3cc(-c4ccc5oc6cc7ccccc7cc6c5c4)c4c5ccccc5sc4c32)cc1. The highest BCUT2D eigenvalue weighted by molar-refractivity contribution is 9.10. The van der Waals surface area contributed by atoms with Crippen molar-refractivity contribution in [1.82, 2.24) is 9.13 Å². The maximum Gasteiger partial charge on any atom is 0.488 e. The summed E-state index contributed by atoms with van der Waals surface area (Å²) in [7, 11) is -1.47. The minimum Gasteiger partial charge on any atom is -0.456 e. The third-order valence-electron chi connectivity index (χ3n) is 17.9. The third-order valence-corrected chi connectivity index (χ3v) is 20.8. The van der Waals surface area contributed by atoms with Crippen LogP contribution in [0.1, 0.15) is 0 Å². The Balaban J connectivity index is 0.000000109. The minimum atomic E-state index is -1.47. The zero-order chi connectivity index (χ0) is 59.7. The van der Waals surface area contributed by atoms with Crippen LogP contribution < -0.4 is 5.46 Å². The molecular formula is C80H48BBrN2O4S2. The van der Waals surface area contributed by atoms with E-state index in [9.17, 15) is 10.0 Å². The third kappa shape index (κ3) is 8.37. The maximum atomic E-state index is 9.29. The van der Waals surface area contributed by atoms with E-state index in [4.69, 9.17) is 8.83 Å². The fourth-order valence-corrected chi connectivity index (χ4v) is 17.1. The fourth-order valence-electron chi connectivity index (χ4n) is 13.8. The van der Waals surface area contributed by atoms with E-state index in [-0.39, 0.29) is 0 Å². The van der Waals surface area contributed by atoms with Gasteiger partial charge in [0.1, 0.15) is 22.3 Å². The first-order chi connectivity index (χ1) is 44.4. The molecule has 0 aliphatic heterocycles. The zero-order valence-corrected chi connectivity index (χ0v) is 51.2. The summed E-state index contributed by atoms with van der Waals surface area (Å²) in [5, 5.41) is 37.8. The quantitative estimate of drug-likeness (QED) is 0.172. The first-order valence-corrected chi connectivity index (χ1v) is 32.4. The van der Waals surface area contributed by atoms with Crippen LogP contribution in [0, 0.1) is 0 Å². The van der Waals surface area contributed by atoms with E-state index in [1.165, 1.54) is 122 Å². The van der Waals surface area contributed by atoms with Gasteiger partial charge in [-0.25, -0.2) is 0 Å². The molecule has 0 bridgehead atoms. The summed E-state index contributed by atoms with van der Waals surface area (Å²) in [6, 6.07) is 98.2.